The SMILES string of the molecule is O=C1NC2=CC(=NC(=O)C3CC=CCC3)C=CC2C2=C1CCC2. The van der Waals surface area contributed by atoms with Crippen molar-refractivity contribution in [2.45, 2.75) is 38.5 Å². The van der Waals surface area contributed by atoms with Crippen LogP contribution in [0.2, 0.25) is 0 Å². The van der Waals surface area contributed by atoms with Gasteiger partial charge in [0.2, 0.25) is 5.91 Å². The van der Waals surface area contributed by atoms with Gasteiger partial charge in [-0.2, -0.15) is 0 Å². The van der Waals surface area contributed by atoms with Gasteiger partial charge in [-0.1, -0.05) is 18.2 Å². The van der Waals surface area contributed by atoms with E-state index in [0.29, 0.717) is 5.71 Å². The Balaban J connectivity index is 1.57. The maximum absolute atomic E-state index is 12.3. The molecule has 0 saturated heterocycles. The van der Waals surface area contributed by atoms with Crippen molar-refractivity contribution in [2.75, 3.05) is 0 Å². The Kier molecular flexibility index (Phi) is 3.60. The van der Waals surface area contributed by atoms with Crippen LogP contribution < -0.4 is 5.32 Å². The highest BCUT2D eigenvalue weighted by atomic mass is 16.2. The van der Waals surface area contributed by atoms with E-state index in [-0.39, 0.29) is 23.7 Å². The molecule has 0 aromatic carbocycles. The number of carbonyl (C=O) groups excluding carboxylic acids is 2. The second-order valence-electron chi connectivity index (χ2n) is 6.60. The fraction of sp³-hybridized carbons (Fsp3) is 0.421. The van der Waals surface area contributed by atoms with Gasteiger partial charge in [0.05, 0.1) is 5.71 Å². The minimum Gasteiger partial charge on any atom is -0.325 e. The molecule has 0 fully saturated rings. The van der Waals surface area contributed by atoms with E-state index in [1.54, 1.807) is 0 Å². The Morgan fingerprint density at radius 3 is 3.00 bits per heavy atom. The number of rotatable bonds is 1. The molecule has 118 valence electrons. The molecule has 2 amide bonds. The molecule has 1 heterocycles. The van der Waals surface area contributed by atoms with Gasteiger partial charge >= 0.3 is 0 Å². The monoisotopic (exact) mass is 308 g/mol. The van der Waals surface area contributed by atoms with Gasteiger partial charge in [-0.15, -0.1) is 0 Å². The van der Waals surface area contributed by atoms with Crippen LogP contribution >= 0.6 is 0 Å². The molecule has 0 radical (unpaired) electrons. The van der Waals surface area contributed by atoms with Gasteiger partial charge in [0.25, 0.3) is 5.91 Å². The van der Waals surface area contributed by atoms with Gasteiger partial charge in [0.1, 0.15) is 0 Å². The summed E-state index contributed by atoms with van der Waals surface area (Å²) in [4.78, 5) is 28.7. The van der Waals surface area contributed by atoms with Crippen LogP contribution in [0.5, 0.6) is 0 Å². The predicted octanol–water partition coefficient (Wildman–Crippen LogP) is 2.99. The van der Waals surface area contributed by atoms with Gasteiger partial charge in [-0.25, -0.2) is 4.99 Å². The Morgan fingerprint density at radius 2 is 2.17 bits per heavy atom. The summed E-state index contributed by atoms with van der Waals surface area (Å²) in [6.45, 7) is 0. The Labute approximate surface area is 135 Å². The van der Waals surface area contributed by atoms with Crippen molar-refractivity contribution in [3.05, 3.63) is 47.2 Å². The van der Waals surface area contributed by atoms with Crippen molar-refractivity contribution < 1.29 is 9.59 Å². The minimum absolute atomic E-state index is 0.00196. The van der Waals surface area contributed by atoms with Crippen LogP contribution in [-0.2, 0) is 9.59 Å². The average Bonchev–Trinajstić information content (AvgIpc) is 3.06. The number of nitrogens with one attached hydrogen (secondary N) is 1. The average molecular weight is 308 g/mol. The molecule has 0 aromatic heterocycles. The number of hydrogen-bond donors (Lipinski definition) is 1. The van der Waals surface area contributed by atoms with Crippen molar-refractivity contribution in [1.82, 2.24) is 5.32 Å². The normalized spacial score (nSPS) is 30.9. The Hall–Kier alpha value is -2.23. The number of fused-ring (bicyclic) bond motifs is 2. The minimum atomic E-state index is -0.0489. The van der Waals surface area contributed by atoms with Crippen LogP contribution in [0, 0.1) is 11.8 Å². The smallest absolute Gasteiger partial charge is 0.251 e. The van der Waals surface area contributed by atoms with E-state index in [1.807, 2.05) is 12.2 Å². The predicted molar refractivity (Wildman–Crippen MR) is 88.7 cm³/mol. The first kappa shape index (κ1) is 14.4. The summed E-state index contributed by atoms with van der Waals surface area (Å²) < 4.78 is 0. The van der Waals surface area contributed by atoms with Crippen molar-refractivity contribution in [3.63, 3.8) is 0 Å². The zero-order chi connectivity index (χ0) is 15.8. The lowest BCUT2D eigenvalue weighted by Crippen LogP contribution is -2.35. The fourth-order valence-corrected chi connectivity index (χ4v) is 3.90. The molecule has 4 aliphatic rings. The lowest BCUT2D eigenvalue weighted by atomic mass is 9.85. The van der Waals surface area contributed by atoms with Crippen LogP contribution in [0.1, 0.15) is 38.5 Å². The summed E-state index contributed by atoms with van der Waals surface area (Å²) in [5, 5.41) is 2.98. The van der Waals surface area contributed by atoms with E-state index in [9.17, 15) is 9.59 Å². The van der Waals surface area contributed by atoms with Crippen LogP contribution in [0.3, 0.4) is 0 Å². The first-order chi connectivity index (χ1) is 11.2. The zero-order valence-electron chi connectivity index (χ0n) is 13.0. The fourth-order valence-electron chi connectivity index (χ4n) is 3.90. The van der Waals surface area contributed by atoms with Gasteiger partial charge in [0, 0.05) is 23.1 Å². The molecule has 0 spiro atoms. The van der Waals surface area contributed by atoms with E-state index in [1.165, 1.54) is 5.57 Å². The number of amides is 2. The first-order valence-electron chi connectivity index (χ1n) is 8.43. The molecule has 1 N–H and O–H groups in total. The number of allylic oxidation sites excluding steroid dienone is 5. The van der Waals surface area contributed by atoms with Gasteiger partial charge in [0.15, 0.2) is 0 Å². The molecule has 1 aliphatic heterocycles. The Bertz CT molecular complexity index is 722. The molecule has 4 heteroatoms. The van der Waals surface area contributed by atoms with E-state index in [0.717, 1.165) is 49.8 Å². The largest absolute Gasteiger partial charge is 0.325 e. The standard InChI is InChI=1S/C19H20N2O2/c22-18(12-5-2-1-3-6-12)20-13-9-10-15-14-7-4-8-16(14)19(23)21-17(15)11-13/h1-2,9-12,15H,3-8H2,(H,21,23). The van der Waals surface area contributed by atoms with Gasteiger partial charge in [-0.3, -0.25) is 9.59 Å². The number of carbonyl (C=O) groups is 2. The molecule has 0 bridgehead atoms. The number of aliphatic imine (C=N–C) groups is 1. The molecule has 4 rings (SSSR count). The molecule has 3 aliphatic carbocycles. The molecule has 23 heavy (non-hydrogen) atoms. The summed E-state index contributed by atoms with van der Waals surface area (Å²) in [7, 11) is 0. The van der Waals surface area contributed by atoms with E-state index < -0.39 is 0 Å². The Morgan fingerprint density at radius 1 is 1.26 bits per heavy atom. The summed E-state index contributed by atoms with van der Waals surface area (Å²) in [6, 6.07) is 0. The quantitative estimate of drug-likeness (QED) is 0.757. The molecule has 0 saturated carbocycles. The lowest BCUT2D eigenvalue weighted by Gasteiger charge is -2.28. The first-order valence-corrected chi connectivity index (χ1v) is 8.43. The van der Waals surface area contributed by atoms with Crippen LogP contribution in [-0.4, -0.2) is 17.5 Å². The molecule has 0 aromatic rings. The maximum Gasteiger partial charge on any atom is 0.251 e. The second kappa shape index (κ2) is 5.76. The zero-order valence-corrected chi connectivity index (χ0v) is 13.0. The topological polar surface area (TPSA) is 58.5 Å². The van der Waals surface area contributed by atoms with E-state index in [4.69, 9.17) is 0 Å². The van der Waals surface area contributed by atoms with Crippen molar-refractivity contribution in [3.8, 4) is 0 Å². The third-order valence-electron chi connectivity index (χ3n) is 5.12. The summed E-state index contributed by atoms with van der Waals surface area (Å²) in [5.41, 5.74) is 3.73. The van der Waals surface area contributed by atoms with Crippen molar-refractivity contribution in [2.24, 2.45) is 16.8 Å². The third-order valence-corrected chi connectivity index (χ3v) is 5.12. The van der Waals surface area contributed by atoms with Crippen molar-refractivity contribution in [1.29, 1.82) is 0 Å². The van der Waals surface area contributed by atoms with Crippen molar-refractivity contribution >= 4 is 17.5 Å². The molecule has 2 atom stereocenters. The highest BCUT2D eigenvalue weighted by Crippen LogP contribution is 2.39. The van der Waals surface area contributed by atoms with Crippen LogP contribution in [0.25, 0.3) is 0 Å². The lowest BCUT2D eigenvalue weighted by molar-refractivity contribution is -0.121. The van der Waals surface area contributed by atoms with E-state index in [2.05, 4.69) is 28.5 Å². The summed E-state index contributed by atoms with van der Waals surface area (Å²) >= 11 is 0. The van der Waals surface area contributed by atoms with Gasteiger partial charge < -0.3 is 5.32 Å². The highest BCUT2D eigenvalue weighted by Gasteiger charge is 2.34. The molecular weight excluding hydrogens is 288 g/mol. The summed E-state index contributed by atoms with van der Waals surface area (Å²) in [6.07, 6.45) is 15.6. The van der Waals surface area contributed by atoms with Crippen LogP contribution in [0.15, 0.2) is 52.2 Å². The third kappa shape index (κ3) is 2.62. The van der Waals surface area contributed by atoms with Crippen LogP contribution in [0.4, 0.5) is 0 Å². The molecular formula is C19H20N2O2. The molecule has 2 unspecified atom stereocenters. The second-order valence-corrected chi connectivity index (χ2v) is 6.60. The van der Waals surface area contributed by atoms with E-state index >= 15 is 0 Å². The summed E-state index contributed by atoms with van der Waals surface area (Å²) in [5.74, 6) is 0.143. The molecule has 4 nitrogen and oxygen atoms in total. The number of hydrogen-bond acceptors (Lipinski definition) is 2. The van der Waals surface area contributed by atoms with Gasteiger partial charge in [-0.05, 0) is 56.3 Å². The highest BCUT2D eigenvalue weighted by molar-refractivity contribution is 6.12. The number of nitrogens with zero attached hydrogens (tertiary/aromatic N) is 1. The maximum atomic E-state index is 12.3.